The highest BCUT2D eigenvalue weighted by Crippen LogP contribution is 2.46. The SMILES string of the molecule is C=C(C)C(=O)Oc1c(C2CCCC2)cc2ccc3cccc4ccc1c2c34. The van der Waals surface area contributed by atoms with Crippen LogP contribution in [0.25, 0.3) is 32.3 Å². The Morgan fingerprint density at radius 3 is 2.33 bits per heavy atom. The first-order chi connectivity index (χ1) is 13.1. The predicted octanol–water partition coefficient (Wildman–Crippen LogP) is 6.72. The van der Waals surface area contributed by atoms with Crippen LogP contribution in [0.1, 0.15) is 44.1 Å². The fourth-order valence-corrected chi connectivity index (χ4v) is 4.64. The third-order valence-electron chi connectivity index (χ3n) is 5.96. The molecule has 1 saturated carbocycles. The number of esters is 1. The Hall–Kier alpha value is -2.87. The Labute approximate surface area is 158 Å². The normalized spacial score (nSPS) is 15.1. The second-order valence-corrected chi connectivity index (χ2v) is 7.80. The maximum absolute atomic E-state index is 12.4. The number of hydrogen-bond donors (Lipinski definition) is 0. The smallest absolute Gasteiger partial charge is 0.338 e. The predicted molar refractivity (Wildman–Crippen MR) is 112 cm³/mol. The number of ether oxygens (including phenoxy) is 1. The lowest BCUT2D eigenvalue weighted by Crippen LogP contribution is -2.11. The summed E-state index contributed by atoms with van der Waals surface area (Å²) in [7, 11) is 0. The minimum absolute atomic E-state index is 0.343. The van der Waals surface area contributed by atoms with Gasteiger partial charge in [-0.15, -0.1) is 0 Å². The van der Waals surface area contributed by atoms with Crippen LogP contribution >= 0.6 is 0 Å². The molecule has 2 nitrogen and oxygen atoms in total. The monoisotopic (exact) mass is 354 g/mol. The van der Waals surface area contributed by atoms with Crippen molar-refractivity contribution in [1.82, 2.24) is 0 Å². The van der Waals surface area contributed by atoms with Gasteiger partial charge in [0.2, 0.25) is 0 Å². The van der Waals surface area contributed by atoms with Gasteiger partial charge in [0.05, 0.1) is 0 Å². The van der Waals surface area contributed by atoms with Crippen molar-refractivity contribution in [2.45, 2.75) is 38.5 Å². The molecule has 0 bridgehead atoms. The molecule has 0 spiro atoms. The third-order valence-corrected chi connectivity index (χ3v) is 5.96. The minimum Gasteiger partial charge on any atom is -0.422 e. The van der Waals surface area contributed by atoms with Gasteiger partial charge in [0.25, 0.3) is 0 Å². The Balaban J connectivity index is 1.87. The summed E-state index contributed by atoms with van der Waals surface area (Å²) in [5.41, 5.74) is 1.60. The number of hydrogen-bond acceptors (Lipinski definition) is 2. The summed E-state index contributed by atoms with van der Waals surface area (Å²) in [4.78, 5) is 12.4. The molecule has 0 radical (unpaired) electrons. The minimum atomic E-state index is -0.343. The first-order valence-electron chi connectivity index (χ1n) is 9.71. The van der Waals surface area contributed by atoms with Gasteiger partial charge >= 0.3 is 5.97 Å². The number of rotatable bonds is 3. The molecule has 4 aromatic carbocycles. The topological polar surface area (TPSA) is 26.3 Å². The fraction of sp³-hybridized carbons (Fsp3) is 0.240. The van der Waals surface area contributed by atoms with Gasteiger partial charge in [0.15, 0.2) is 0 Å². The van der Waals surface area contributed by atoms with Crippen LogP contribution in [0.5, 0.6) is 5.75 Å². The van der Waals surface area contributed by atoms with Gasteiger partial charge in [-0.1, -0.05) is 55.8 Å². The molecule has 0 unspecified atom stereocenters. The summed E-state index contributed by atoms with van der Waals surface area (Å²) in [6.45, 7) is 5.47. The van der Waals surface area contributed by atoms with E-state index in [1.54, 1.807) is 6.92 Å². The molecule has 0 aliphatic heterocycles. The van der Waals surface area contributed by atoms with Gasteiger partial charge in [0.1, 0.15) is 5.75 Å². The largest absolute Gasteiger partial charge is 0.422 e. The van der Waals surface area contributed by atoms with E-state index in [2.05, 4.69) is 55.1 Å². The van der Waals surface area contributed by atoms with E-state index in [4.69, 9.17) is 4.74 Å². The summed E-state index contributed by atoms with van der Waals surface area (Å²) >= 11 is 0. The first kappa shape index (κ1) is 16.3. The van der Waals surface area contributed by atoms with E-state index in [0.29, 0.717) is 11.5 Å². The maximum atomic E-state index is 12.4. The standard InChI is InChI=1S/C25H22O2/c1-15(2)25(26)27-24-20-13-12-18-9-5-8-17-10-11-19(23(20)22(17)18)14-21(24)16-6-3-4-7-16/h5,8-14,16H,1,3-4,6-7H2,2H3. The van der Waals surface area contributed by atoms with Gasteiger partial charge < -0.3 is 4.74 Å². The van der Waals surface area contributed by atoms with E-state index in [0.717, 1.165) is 24.0 Å². The average molecular weight is 354 g/mol. The van der Waals surface area contributed by atoms with E-state index in [-0.39, 0.29) is 5.97 Å². The molecule has 4 aromatic rings. The molecule has 27 heavy (non-hydrogen) atoms. The van der Waals surface area contributed by atoms with Gasteiger partial charge in [-0.3, -0.25) is 0 Å². The summed E-state index contributed by atoms with van der Waals surface area (Å²) in [6.07, 6.45) is 4.80. The number of benzene rings is 4. The highest BCUT2D eigenvalue weighted by Gasteiger charge is 2.25. The Kier molecular flexibility index (Phi) is 3.68. The molecule has 0 amide bonds. The molecule has 1 fully saturated rings. The maximum Gasteiger partial charge on any atom is 0.338 e. The van der Waals surface area contributed by atoms with E-state index >= 15 is 0 Å². The van der Waals surface area contributed by atoms with Crippen LogP contribution in [-0.4, -0.2) is 5.97 Å². The summed E-state index contributed by atoms with van der Waals surface area (Å²) in [5.74, 6) is 0.852. The zero-order valence-electron chi connectivity index (χ0n) is 15.5. The van der Waals surface area contributed by atoms with Crippen molar-refractivity contribution in [2.75, 3.05) is 0 Å². The molecular formula is C25H22O2. The molecular weight excluding hydrogens is 332 g/mol. The lowest BCUT2D eigenvalue weighted by atomic mass is 9.88. The molecule has 0 saturated heterocycles. The fourth-order valence-electron chi connectivity index (χ4n) is 4.64. The van der Waals surface area contributed by atoms with E-state index in [1.807, 2.05) is 0 Å². The molecule has 2 heteroatoms. The second-order valence-electron chi connectivity index (χ2n) is 7.80. The molecule has 134 valence electrons. The van der Waals surface area contributed by atoms with Crippen LogP contribution in [0.3, 0.4) is 0 Å². The van der Waals surface area contributed by atoms with Crippen LogP contribution in [0, 0.1) is 0 Å². The molecule has 0 aromatic heterocycles. The Bertz CT molecular complexity index is 1180. The zero-order valence-corrected chi connectivity index (χ0v) is 15.5. The molecule has 5 rings (SSSR count). The third kappa shape index (κ3) is 2.51. The van der Waals surface area contributed by atoms with Crippen molar-refractivity contribution in [2.24, 2.45) is 0 Å². The highest BCUT2D eigenvalue weighted by molar-refractivity contribution is 6.24. The highest BCUT2D eigenvalue weighted by atomic mass is 16.5. The quantitative estimate of drug-likeness (QED) is 0.177. The van der Waals surface area contributed by atoms with Crippen LogP contribution < -0.4 is 4.74 Å². The molecule has 0 atom stereocenters. The summed E-state index contributed by atoms with van der Waals surface area (Å²) in [6, 6.07) is 17.3. The lowest BCUT2D eigenvalue weighted by molar-refractivity contribution is -0.130. The van der Waals surface area contributed by atoms with Crippen molar-refractivity contribution in [3.63, 3.8) is 0 Å². The van der Waals surface area contributed by atoms with Gasteiger partial charge in [0, 0.05) is 16.3 Å². The van der Waals surface area contributed by atoms with Crippen molar-refractivity contribution in [1.29, 1.82) is 0 Å². The van der Waals surface area contributed by atoms with Crippen LogP contribution in [0.15, 0.2) is 60.7 Å². The molecule has 1 aliphatic rings. The van der Waals surface area contributed by atoms with Crippen LogP contribution in [0.4, 0.5) is 0 Å². The van der Waals surface area contributed by atoms with Crippen molar-refractivity contribution >= 4 is 38.3 Å². The van der Waals surface area contributed by atoms with E-state index in [1.165, 1.54) is 45.3 Å². The summed E-state index contributed by atoms with van der Waals surface area (Å²) < 4.78 is 5.94. The van der Waals surface area contributed by atoms with Crippen LogP contribution in [0.2, 0.25) is 0 Å². The van der Waals surface area contributed by atoms with E-state index < -0.39 is 0 Å². The molecule has 0 N–H and O–H groups in total. The van der Waals surface area contributed by atoms with Crippen molar-refractivity contribution in [3.8, 4) is 5.75 Å². The van der Waals surface area contributed by atoms with Gasteiger partial charge in [-0.2, -0.15) is 0 Å². The second kappa shape index (κ2) is 6.09. The Morgan fingerprint density at radius 1 is 0.963 bits per heavy atom. The number of carbonyl (C=O) groups is 1. The lowest BCUT2D eigenvalue weighted by Gasteiger charge is -2.20. The average Bonchev–Trinajstić information content (AvgIpc) is 3.21. The molecule has 0 heterocycles. The van der Waals surface area contributed by atoms with Crippen molar-refractivity contribution in [3.05, 3.63) is 66.2 Å². The van der Waals surface area contributed by atoms with Gasteiger partial charge in [-0.25, -0.2) is 4.79 Å². The van der Waals surface area contributed by atoms with Crippen LogP contribution in [-0.2, 0) is 4.79 Å². The number of carbonyl (C=O) groups excluding carboxylic acids is 1. The Morgan fingerprint density at radius 2 is 1.63 bits per heavy atom. The summed E-state index contributed by atoms with van der Waals surface area (Å²) in [5, 5.41) is 7.14. The van der Waals surface area contributed by atoms with Gasteiger partial charge in [-0.05, 0) is 64.9 Å². The first-order valence-corrected chi connectivity index (χ1v) is 9.71. The zero-order chi connectivity index (χ0) is 18.5. The molecule has 1 aliphatic carbocycles. The van der Waals surface area contributed by atoms with E-state index in [9.17, 15) is 4.79 Å². The van der Waals surface area contributed by atoms with Crippen molar-refractivity contribution < 1.29 is 9.53 Å².